The maximum Gasteiger partial charge on any atom is 0.243 e. The molecule has 1 N–H and O–H groups in total. The van der Waals surface area contributed by atoms with E-state index < -0.39 is 10.0 Å². The van der Waals surface area contributed by atoms with Crippen LogP contribution in [-0.2, 0) is 21.4 Å². The summed E-state index contributed by atoms with van der Waals surface area (Å²) in [4.78, 5) is 12.5. The first-order chi connectivity index (χ1) is 12.8. The average Bonchev–Trinajstić information content (AvgIpc) is 2.62. The molecule has 0 fully saturated rings. The second-order valence-electron chi connectivity index (χ2n) is 6.47. The molecule has 0 aliphatic heterocycles. The van der Waals surface area contributed by atoms with Crippen LogP contribution < -0.4 is 5.32 Å². The molecule has 146 valence electrons. The highest BCUT2D eigenvalue weighted by Gasteiger charge is 2.27. The van der Waals surface area contributed by atoms with E-state index in [1.807, 2.05) is 44.2 Å². The van der Waals surface area contributed by atoms with Crippen LogP contribution in [0, 0.1) is 0 Å². The van der Waals surface area contributed by atoms with Gasteiger partial charge in [0.05, 0.1) is 11.4 Å². The predicted octanol–water partition coefficient (Wildman–Crippen LogP) is 3.84. The van der Waals surface area contributed by atoms with Gasteiger partial charge in [-0.15, -0.1) is 0 Å². The lowest BCUT2D eigenvalue weighted by Gasteiger charge is -2.23. The number of carbonyl (C=O) groups is 1. The van der Waals surface area contributed by atoms with Gasteiger partial charge in [0.15, 0.2) is 0 Å². The van der Waals surface area contributed by atoms with E-state index in [4.69, 9.17) is 11.6 Å². The number of hydrogen-bond donors (Lipinski definition) is 1. The first-order valence-electron chi connectivity index (χ1n) is 8.92. The lowest BCUT2D eigenvalue weighted by atomic mass is 10.2. The van der Waals surface area contributed by atoms with E-state index in [1.54, 1.807) is 0 Å². The minimum Gasteiger partial charge on any atom is -0.353 e. The highest BCUT2D eigenvalue weighted by molar-refractivity contribution is 7.89. The normalized spacial score (nSPS) is 12.7. The zero-order valence-corrected chi connectivity index (χ0v) is 17.1. The monoisotopic (exact) mass is 408 g/mol. The Labute approximate surface area is 166 Å². The maximum absolute atomic E-state index is 13.1. The van der Waals surface area contributed by atoms with Crippen molar-refractivity contribution >= 4 is 27.5 Å². The molecule has 1 atom stereocenters. The smallest absolute Gasteiger partial charge is 0.243 e. The van der Waals surface area contributed by atoms with Crippen molar-refractivity contribution in [1.29, 1.82) is 0 Å². The van der Waals surface area contributed by atoms with E-state index in [0.717, 1.165) is 18.4 Å². The molecule has 2 rings (SSSR count). The van der Waals surface area contributed by atoms with Gasteiger partial charge >= 0.3 is 0 Å². The van der Waals surface area contributed by atoms with Crippen LogP contribution in [0.15, 0.2) is 59.5 Å². The highest BCUT2D eigenvalue weighted by atomic mass is 35.5. The lowest BCUT2D eigenvalue weighted by molar-refractivity contribution is -0.122. The van der Waals surface area contributed by atoms with E-state index in [-0.39, 0.29) is 29.9 Å². The van der Waals surface area contributed by atoms with Crippen LogP contribution in [0.2, 0.25) is 5.02 Å². The Morgan fingerprint density at radius 2 is 1.74 bits per heavy atom. The van der Waals surface area contributed by atoms with Crippen LogP contribution >= 0.6 is 11.6 Å². The fourth-order valence-corrected chi connectivity index (χ4v) is 4.26. The molecule has 0 bridgehead atoms. The number of amides is 1. The van der Waals surface area contributed by atoms with E-state index in [2.05, 4.69) is 5.32 Å². The fourth-order valence-electron chi connectivity index (χ4n) is 2.75. The molecule has 7 heteroatoms. The summed E-state index contributed by atoms with van der Waals surface area (Å²) in [5, 5.41) is 3.32. The Morgan fingerprint density at radius 3 is 2.33 bits per heavy atom. The molecule has 1 unspecified atom stereocenters. The van der Waals surface area contributed by atoms with Crippen molar-refractivity contribution < 1.29 is 13.2 Å². The van der Waals surface area contributed by atoms with Crippen LogP contribution in [0.1, 0.15) is 32.3 Å². The zero-order chi connectivity index (χ0) is 19.9. The van der Waals surface area contributed by atoms with Gasteiger partial charge in [-0.25, -0.2) is 8.42 Å². The summed E-state index contributed by atoms with van der Waals surface area (Å²) in [7, 11) is -3.85. The SMILES string of the molecule is CCCC(C)NC(=O)CN(Cc1ccccc1)S(=O)(=O)c1ccc(Cl)cc1. The summed E-state index contributed by atoms with van der Waals surface area (Å²) >= 11 is 5.87. The number of nitrogens with one attached hydrogen (secondary N) is 1. The van der Waals surface area contributed by atoms with Crippen molar-refractivity contribution in [2.24, 2.45) is 0 Å². The number of carbonyl (C=O) groups excluding carboxylic acids is 1. The first-order valence-corrected chi connectivity index (χ1v) is 10.7. The molecule has 0 saturated carbocycles. The molecule has 0 spiro atoms. The van der Waals surface area contributed by atoms with Gasteiger partial charge in [-0.05, 0) is 43.2 Å². The standard InChI is InChI=1S/C20H25ClN2O3S/c1-3-7-16(2)22-20(24)15-23(14-17-8-5-4-6-9-17)27(25,26)19-12-10-18(21)11-13-19/h4-6,8-13,16H,3,7,14-15H2,1-2H3,(H,22,24). The quantitative estimate of drug-likeness (QED) is 0.685. The molecular weight excluding hydrogens is 384 g/mol. The van der Waals surface area contributed by atoms with Gasteiger partial charge in [0.2, 0.25) is 15.9 Å². The first kappa shape index (κ1) is 21.4. The molecule has 5 nitrogen and oxygen atoms in total. The van der Waals surface area contributed by atoms with Crippen LogP contribution in [0.5, 0.6) is 0 Å². The second-order valence-corrected chi connectivity index (χ2v) is 8.84. The Kier molecular flexibility index (Phi) is 7.83. The van der Waals surface area contributed by atoms with Crippen molar-refractivity contribution in [2.75, 3.05) is 6.54 Å². The third kappa shape index (κ3) is 6.34. The van der Waals surface area contributed by atoms with Crippen LogP contribution in [0.4, 0.5) is 0 Å². The molecule has 0 radical (unpaired) electrons. The van der Waals surface area contributed by atoms with Gasteiger partial charge in [-0.2, -0.15) is 4.31 Å². The number of nitrogens with zero attached hydrogens (tertiary/aromatic N) is 1. The van der Waals surface area contributed by atoms with Crippen molar-refractivity contribution in [3.8, 4) is 0 Å². The number of halogens is 1. The summed E-state index contributed by atoms with van der Waals surface area (Å²) in [5.74, 6) is -0.315. The average molecular weight is 409 g/mol. The molecule has 1 amide bonds. The summed E-state index contributed by atoms with van der Waals surface area (Å²) in [6, 6.07) is 15.2. The molecular formula is C20H25ClN2O3S. The minimum absolute atomic E-state index is 0.000638. The molecule has 2 aromatic rings. The topological polar surface area (TPSA) is 66.5 Å². The molecule has 0 aliphatic rings. The van der Waals surface area contributed by atoms with Gasteiger partial charge < -0.3 is 5.32 Å². The maximum atomic E-state index is 13.1. The van der Waals surface area contributed by atoms with Crippen molar-refractivity contribution in [3.63, 3.8) is 0 Å². The molecule has 0 aromatic heterocycles. The van der Waals surface area contributed by atoms with E-state index >= 15 is 0 Å². The van der Waals surface area contributed by atoms with Crippen LogP contribution in [-0.4, -0.2) is 31.2 Å². The third-order valence-electron chi connectivity index (χ3n) is 4.10. The van der Waals surface area contributed by atoms with Crippen molar-refractivity contribution in [3.05, 3.63) is 65.2 Å². The van der Waals surface area contributed by atoms with Crippen LogP contribution in [0.25, 0.3) is 0 Å². The third-order valence-corrected chi connectivity index (χ3v) is 6.16. The number of sulfonamides is 1. The molecule has 2 aromatic carbocycles. The van der Waals surface area contributed by atoms with E-state index in [9.17, 15) is 13.2 Å². The van der Waals surface area contributed by atoms with Gasteiger partial charge in [0, 0.05) is 17.6 Å². The fraction of sp³-hybridized carbons (Fsp3) is 0.350. The summed E-state index contributed by atoms with van der Waals surface area (Å²) in [6.45, 7) is 3.82. The zero-order valence-electron chi connectivity index (χ0n) is 15.6. The minimum atomic E-state index is -3.85. The van der Waals surface area contributed by atoms with Gasteiger partial charge in [0.25, 0.3) is 0 Å². The summed E-state index contributed by atoms with van der Waals surface area (Å²) < 4.78 is 27.4. The van der Waals surface area contributed by atoms with Crippen molar-refractivity contribution in [1.82, 2.24) is 9.62 Å². The number of benzene rings is 2. The second kappa shape index (κ2) is 9.88. The van der Waals surface area contributed by atoms with E-state index in [0.29, 0.717) is 5.02 Å². The Balaban J connectivity index is 2.26. The predicted molar refractivity (Wildman–Crippen MR) is 108 cm³/mol. The summed E-state index contributed by atoms with van der Waals surface area (Å²) in [5.41, 5.74) is 0.810. The van der Waals surface area contributed by atoms with Gasteiger partial charge in [0.1, 0.15) is 0 Å². The lowest BCUT2D eigenvalue weighted by Crippen LogP contribution is -2.43. The molecule has 0 aliphatic carbocycles. The molecule has 27 heavy (non-hydrogen) atoms. The molecule has 0 heterocycles. The Bertz CT molecular complexity index is 839. The van der Waals surface area contributed by atoms with E-state index in [1.165, 1.54) is 28.6 Å². The summed E-state index contributed by atoms with van der Waals surface area (Å²) in [6.07, 6.45) is 1.78. The van der Waals surface area contributed by atoms with Gasteiger partial charge in [-0.1, -0.05) is 55.3 Å². The van der Waals surface area contributed by atoms with Crippen LogP contribution in [0.3, 0.4) is 0 Å². The Hall–Kier alpha value is -1.89. The van der Waals surface area contributed by atoms with Crippen molar-refractivity contribution in [2.45, 2.75) is 44.2 Å². The number of rotatable bonds is 9. The highest BCUT2D eigenvalue weighted by Crippen LogP contribution is 2.20. The Morgan fingerprint density at radius 1 is 1.11 bits per heavy atom. The van der Waals surface area contributed by atoms with Gasteiger partial charge in [-0.3, -0.25) is 4.79 Å². The molecule has 0 saturated heterocycles. The largest absolute Gasteiger partial charge is 0.353 e. The number of hydrogen-bond acceptors (Lipinski definition) is 3.